The van der Waals surface area contributed by atoms with Crippen LogP contribution < -0.4 is 5.32 Å². The van der Waals surface area contributed by atoms with Crippen LogP contribution in [0.2, 0.25) is 5.15 Å². The molecule has 0 saturated carbocycles. The second-order valence-electron chi connectivity index (χ2n) is 4.28. The van der Waals surface area contributed by atoms with Crippen molar-refractivity contribution in [1.29, 1.82) is 0 Å². The van der Waals surface area contributed by atoms with Crippen LogP contribution in [0.3, 0.4) is 0 Å². The summed E-state index contributed by atoms with van der Waals surface area (Å²) in [6, 6.07) is 2.13. The van der Waals surface area contributed by atoms with Gasteiger partial charge in [0.1, 0.15) is 17.3 Å². The predicted octanol–water partition coefficient (Wildman–Crippen LogP) is 2.03. The Bertz CT molecular complexity index is 339. The number of likely N-dealkylation sites (tertiary alicyclic amines) is 1. The number of anilines is 1. The van der Waals surface area contributed by atoms with Crippen molar-refractivity contribution < 1.29 is 0 Å². The van der Waals surface area contributed by atoms with Crippen LogP contribution in [0.15, 0.2) is 12.4 Å². The maximum absolute atomic E-state index is 5.80. The largest absolute Gasteiger partial charge is 0.366 e. The zero-order valence-corrected chi connectivity index (χ0v) is 10.2. The summed E-state index contributed by atoms with van der Waals surface area (Å²) in [4.78, 5) is 10.5. The number of hydrogen-bond acceptors (Lipinski definition) is 4. The van der Waals surface area contributed by atoms with Crippen LogP contribution in [0.25, 0.3) is 0 Å². The standard InChI is InChI=1S/C11H17ClN4/c1-9(7-16-4-2-3-5-16)15-11-6-10(12)13-8-14-11/h6,8-9H,2-5,7H2,1H3,(H,13,14,15). The minimum atomic E-state index is 0.379. The fourth-order valence-electron chi connectivity index (χ4n) is 2.06. The van der Waals surface area contributed by atoms with Gasteiger partial charge in [0, 0.05) is 18.7 Å². The molecule has 2 rings (SSSR count). The molecular formula is C11H17ClN4. The van der Waals surface area contributed by atoms with E-state index >= 15 is 0 Å². The first-order chi connectivity index (χ1) is 7.74. The molecule has 4 nitrogen and oxygen atoms in total. The van der Waals surface area contributed by atoms with E-state index in [1.165, 1.54) is 32.3 Å². The molecule has 0 aromatic carbocycles. The molecule has 2 heterocycles. The lowest BCUT2D eigenvalue weighted by atomic mass is 10.3. The Hall–Kier alpha value is -0.870. The van der Waals surface area contributed by atoms with Crippen LogP contribution in [0.1, 0.15) is 19.8 Å². The van der Waals surface area contributed by atoms with Gasteiger partial charge < -0.3 is 10.2 Å². The van der Waals surface area contributed by atoms with E-state index < -0.39 is 0 Å². The van der Waals surface area contributed by atoms with Crippen molar-refractivity contribution in [2.24, 2.45) is 0 Å². The molecule has 1 atom stereocenters. The Morgan fingerprint density at radius 1 is 1.44 bits per heavy atom. The van der Waals surface area contributed by atoms with E-state index in [2.05, 4.69) is 27.1 Å². The molecule has 1 aliphatic heterocycles. The molecule has 16 heavy (non-hydrogen) atoms. The second-order valence-corrected chi connectivity index (χ2v) is 4.67. The van der Waals surface area contributed by atoms with Gasteiger partial charge in [-0.25, -0.2) is 9.97 Å². The Morgan fingerprint density at radius 3 is 2.88 bits per heavy atom. The monoisotopic (exact) mass is 240 g/mol. The lowest BCUT2D eigenvalue weighted by molar-refractivity contribution is 0.327. The summed E-state index contributed by atoms with van der Waals surface area (Å²) in [5.41, 5.74) is 0. The number of aromatic nitrogens is 2. The maximum Gasteiger partial charge on any atom is 0.134 e. The van der Waals surface area contributed by atoms with Crippen molar-refractivity contribution in [2.75, 3.05) is 25.0 Å². The van der Waals surface area contributed by atoms with Gasteiger partial charge in [-0.1, -0.05) is 11.6 Å². The van der Waals surface area contributed by atoms with Gasteiger partial charge >= 0.3 is 0 Å². The fourth-order valence-corrected chi connectivity index (χ4v) is 2.21. The molecule has 1 N–H and O–H groups in total. The molecule has 1 fully saturated rings. The third-order valence-corrected chi connectivity index (χ3v) is 2.97. The van der Waals surface area contributed by atoms with Crippen LogP contribution in [0.4, 0.5) is 5.82 Å². The molecule has 5 heteroatoms. The van der Waals surface area contributed by atoms with Gasteiger partial charge in [-0.05, 0) is 32.9 Å². The van der Waals surface area contributed by atoms with Crippen molar-refractivity contribution in [3.05, 3.63) is 17.5 Å². The molecule has 1 aromatic heterocycles. The number of nitrogens with one attached hydrogen (secondary N) is 1. The highest BCUT2D eigenvalue weighted by atomic mass is 35.5. The fraction of sp³-hybridized carbons (Fsp3) is 0.636. The predicted molar refractivity (Wildman–Crippen MR) is 65.8 cm³/mol. The molecule has 1 unspecified atom stereocenters. The van der Waals surface area contributed by atoms with Crippen LogP contribution in [-0.4, -0.2) is 40.5 Å². The summed E-state index contributed by atoms with van der Waals surface area (Å²) in [7, 11) is 0. The SMILES string of the molecule is CC(CN1CCCC1)Nc1cc(Cl)ncn1. The first-order valence-electron chi connectivity index (χ1n) is 5.70. The van der Waals surface area contributed by atoms with Gasteiger partial charge in [0.2, 0.25) is 0 Å². The Morgan fingerprint density at radius 2 is 2.19 bits per heavy atom. The van der Waals surface area contributed by atoms with Crippen LogP contribution >= 0.6 is 11.6 Å². The normalized spacial score (nSPS) is 18.6. The van der Waals surface area contributed by atoms with Crippen molar-refractivity contribution in [2.45, 2.75) is 25.8 Å². The molecule has 88 valence electrons. The lowest BCUT2D eigenvalue weighted by Crippen LogP contribution is -2.33. The smallest absolute Gasteiger partial charge is 0.134 e. The van der Waals surface area contributed by atoms with E-state index in [1.807, 2.05) is 0 Å². The third kappa shape index (κ3) is 3.32. The zero-order chi connectivity index (χ0) is 11.4. The Kier molecular flexibility index (Phi) is 3.96. The summed E-state index contributed by atoms with van der Waals surface area (Å²) in [6.45, 7) is 5.66. The molecule has 1 aliphatic rings. The maximum atomic E-state index is 5.80. The quantitative estimate of drug-likeness (QED) is 0.818. The van der Waals surface area contributed by atoms with Gasteiger partial charge in [0.05, 0.1) is 0 Å². The zero-order valence-electron chi connectivity index (χ0n) is 9.49. The van der Waals surface area contributed by atoms with E-state index in [4.69, 9.17) is 11.6 Å². The molecule has 0 radical (unpaired) electrons. The number of rotatable bonds is 4. The second kappa shape index (κ2) is 5.46. The summed E-state index contributed by atoms with van der Waals surface area (Å²) >= 11 is 5.80. The van der Waals surface area contributed by atoms with Crippen molar-refractivity contribution >= 4 is 17.4 Å². The molecule has 1 saturated heterocycles. The topological polar surface area (TPSA) is 41.0 Å². The average Bonchev–Trinajstić information content (AvgIpc) is 2.70. The van der Waals surface area contributed by atoms with E-state index in [0.717, 1.165) is 12.4 Å². The van der Waals surface area contributed by atoms with E-state index in [-0.39, 0.29) is 0 Å². The molecular weight excluding hydrogens is 224 g/mol. The van der Waals surface area contributed by atoms with Gasteiger partial charge in [-0.15, -0.1) is 0 Å². The minimum Gasteiger partial charge on any atom is -0.366 e. The van der Waals surface area contributed by atoms with Crippen LogP contribution in [-0.2, 0) is 0 Å². The van der Waals surface area contributed by atoms with Gasteiger partial charge in [-0.2, -0.15) is 0 Å². The van der Waals surface area contributed by atoms with E-state index in [0.29, 0.717) is 11.2 Å². The molecule has 0 spiro atoms. The first-order valence-corrected chi connectivity index (χ1v) is 6.08. The number of hydrogen-bond donors (Lipinski definition) is 1. The van der Waals surface area contributed by atoms with Crippen molar-refractivity contribution in [3.8, 4) is 0 Å². The number of halogens is 1. The average molecular weight is 241 g/mol. The highest BCUT2D eigenvalue weighted by Crippen LogP contribution is 2.12. The molecule has 0 bridgehead atoms. The summed E-state index contributed by atoms with van der Waals surface area (Å²) in [5.74, 6) is 0.798. The molecule has 1 aromatic rings. The number of nitrogens with zero attached hydrogens (tertiary/aromatic N) is 3. The summed E-state index contributed by atoms with van der Waals surface area (Å²) in [5, 5.41) is 3.81. The lowest BCUT2D eigenvalue weighted by Gasteiger charge is -2.21. The summed E-state index contributed by atoms with van der Waals surface area (Å²) < 4.78 is 0. The molecule has 0 amide bonds. The Labute approximate surface area is 101 Å². The summed E-state index contributed by atoms with van der Waals surface area (Å²) in [6.07, 6.45) is 4.13. The van der Waals surface area contributed by atoms with E-state index in [1.54, 1.807) is 6.07 Å². The highest BCUT2D eigenvalue weighted by molar-refractivity contribution is 6.29. The van der Waals surface area contributed by atoms with Crippen molar-refractivity contribution in [3.63, 3.8) is 0 Å². The highest BCUT2D eigenvalue weighted by Gasteiger charge is 2.14. The first kappa shape index (κ1) is 11.6. The third-order valence-electron chi connectivity index (χ3n) is 2.76. The van der Waals surface area contributed by atoms with Gasteiger partial charge in [-0.3, -0.25) is 0 Å². The molecule has 0 aliphatic carbocycles. The van der Waals surface area contributed by atoms with Crippen molar-refractivity contribution in [1.82, 2.24) is 14.9 Å². The Balaban J connectivity index is 1.84. The van der Waals surface area contributed by atoms with Crippen LogP contribution in [0, 0.1) is 0 Å². The van der Waals surface area contributed by atoms with E-state index in [9.17, 15) is 0 Å². The van der Waals surface area contributed by atoms with Gasteiger partial charge in [0.25, 0.3) is 0 Å². The minimum absolute atomic E-state index is 0.379. The van der Waals surface area contributed by atoms with Gasteiger partial charge in [0.15, 0.2) is 0 Å². The van der Waals surface area contributed by atoms with Crippen LogP contribution in [0.5, 0.6) is 0 Å².